The lowest BCUT2D eigenvalue weighted by atomic mass is 9.86. The van der Waals surface area contributed by atoms with Crippen LogP contribution >= 0.6 is 11.6 Å². The van der Waals surface area contributed by atoms with Gasteiger partial charge in [-0.05, 0) is 25.0 Å². The van der Waals surface area contributed by atoms with E-state index in [9.17, 15) is 0 Å². The smallest absolute Gasteiger partial charge is 0.0988 e. The summed E-state index contributed by atoms with van der Waals surface area (Å²) in [6.45, 7) is 3.15. The fraction of sp³-hybridized carbons (Fsp3) is 0.538. The molecule has 0 amide bonds. The van der Waals surface area contributed by atoms with Crippen LogP contribution in [0.1, 0.15) is 18.9 Å². The maximum absolute atomic E-state index is 6.06. The van der Waals surface area contributed by atoms with Gasteiger partial charge in [-0.2, -0.15) is 0 Å². The van der Waals surface area contributed by atoms with Gasteiger partial charge in [-0.15, -0.1) is 0 Å². The molecule has 3 unspecified atom stereocenters. The Morgan fingerprint density at radius 3 is 2.76 bits per heavy atom. The lowest BCUT2D eigenvalue weighted by Gasteiger charge is -2.41. The third-order valence-corrected chi connectivity index (χ3v) is 3.43. The molecule has 0 saturated heterocycles. The van der Waals surface area contributed by atoms with Gasteiger partial charge in [0.2, 0.25) is 0 Å². The summed E-state index contributed by atoms with van der Waals surface area (Å²) in [5.74, 6) is 0. The van der Waals surface area contributed by atoms with Gasteiger partial charge in [0.05, 0.1) is 18.8 Å². The van der Waals surface area contributed by atoms with E-state index in [2.05, 4.69) is 0 Å². The van der Waals surface area contributed by atoms with Crippen LogP contribution in [0.2, 0.25) is 5.02 Å². The van der Waals surface area contributed by atoms with E-state index in [4.69, 9.17) is 26.8 Å². The van der Waals surface area contributed by atoms with Crippen molar-refractivity contribution in [3.8, 4) is 0 Å². The van der Waals surface area contributed by atoms with Gasteiger partial charge in [0, 0.05) is 17.7 Å². The summed E-state index contributed by atoms with van der Waals surface area (Å²) >= 11 is 6.06. The number of ether oxygens (including phenoxy) is 2. The van der Waals surface area contributed by atoms with E-state index in [-0.39, 0.29) is 18.2 Å². The molecule has 1 aliphatic carbocycles. The monoisotopic (exact) mass is 255 g/mol. The van der Waals surface area contributed by atoms with Crippen molar-refractivity contribution in [3.63, 3.8) is 0 Å². The average Bonchev–Trinajstić information content (AvgIpc) is 2.33. The fourth-order valence-electron chi connectivity index (χ4n) is 2.01. The van der Waals surface area contributed by atoms with Crippen molar-refractivity contribution in [2.24, 2.45) is 5.73 Å². The standard InChI is InChI=1S/C13H18ClNO2/c1-2-16-13-11(15)7-12(13)17-8-9-5-3-4-6-10(9)14/h3-6,11-13H,2,7-8,15H2,1H3. The second-order valence-corrected chi connectivity index (χ2v) is 4.67. The van der Waals surface area contributed by atoms with E-state index in [1.54, 1.807) is 0 Å². The molecule has 0 bridgehead atoms. The van der Waals surface area contributed by atoms with Gasteiger partial charge >= 0.3 is 0 Å². The number of halogens is 1. The van der Waals surface area contributed by atoms with Crippen LogP contribution in [-0.4, -0.2) is 24.9 Å². The topological polar surface area (TPSA) is 44.5 Å². The minimum atomic E-state index is 0.0301. The molecule has 94 valence electrons. The maximum Gasteiger partial charge on any atom is 0.0988 e. The van der Waals surface area contributed by atoms with Crippen molar-refractivity contribution in [1.29, 1.82) is 0 Å². The third kappa shape index (κ3) is 2.99. The minimum absolute atomic E-state index is 0.0301. The van der Waals surface area contributed by atoms with Crippen molar-refractivity contribution in [1.82, 2.24) is 0 Å². The van der Waals surface area contributed by atoms with Crippen molar-refractivity contribution < 1.29 is 9.47 Å². The summed E-state index contributed by atoms with van der Waals surface area (Å²) < 4.78 is 11.3. The maximum atomic E-state index is 6.06. The van der Waals surface area contributed by atoms with E-state index >= 15 is 0 Å². The molecule has 0 aliphatic heterocycles. The highest BCUT2D eigenvalue weighted by molar-refractivity contribution is 6.31. The first-order valence-corrected chi connectivity index (χ1v) is 6.32. The van der Waals surface area contributed by atoms with Gasteiger partial charge in [0.15, 0.2) is 0 Å². The van der Waals surface area contributed by atoms with Gasteiger partial charge in [0.25, 0.3) is 0 Å². The van der Waals surface area contributed by atoms with E-state index in [0.29, 0.717) is 13.2 Å². The molecule has 3 nitrogen and oxygen atoms in total. The predicted molar refractivity (Wildman–Crippen MR) is 68.0 cm³/mol. The zero-order valence-electron chi connectivity index (χ0n) is 9.93. The van der Waals surface area contributed by atoms with E-state index in [0.717, 1.165) is 17.0 Å². The summed E-state index contributed by atoms with van der Waals surface area (Å²) in [5.41, 5.74) is 6.87. The molecule has 2 N–H and O–H groups in total. The Balaban J connectivity index is 1.85. The first-order chi connectivity index (χ1) is 8.22. The zero-order valence-corrected chi connectivity index (χ0v) is 10.7. The average molecular weight is 256 g/mol. The Labute approximate surface area is 107 Å². The van der Waals surface area contributed by atoms with Gasteiger partial charge in [-0.25, -0.2) is 0 Å². The predicted octanol–water partition coefficient (Wildman–Crippen LogP) is 2.36. The van der Waals surface area contributed by atoms with Gasteiger partial charge in [-0.1, -0.05) is 29.8 Å². The van der Waals surface area contributed by atoms with Crippen molar-refractivity contribution in [3.05, 3.63) is 34.9 Å². The molecule has 1 aromatic rings. The molecule has 0 spiro atoms. The van der Waals surface area contributed by atoms with Crippen LogP contribution in [0.5, 0.6) is 0 Å². The van der Waals surface area contributed by atoms with E-state index < -0.39 is 0 Å². The number of hydrogen-bond acceptors (Lipinski definition) is 3. The van der Waals surface area contributed by atoms with Crippen molar-refractivity contribution >= 4 is 11.6 Å². The first kappa shape index (κ1) is 12.8. The summed E-state index contributed by atoms with van der Waals surface area (Å²) in [7, 11) is 0. The minimum Gasteiger partial charge on any atom is -0.374 e. The number of nitrogens with two attached hydrogens (primary N) is 1. The molecule has 3 atom stereocenters. The summed E-state index contributed by atoms with van der Waals surface area (Å²) in [5, 5.41) is 0.740. The lowest BCUT2D eigenvalue weighted by Crippen LogP contribution is -2.58. The molecule has 1 aliphatic rings. The molecule has 0 aromatic heterocycles. The molecule has 1 aromatic carbocycles. The molecule has 0 radical (unpaired) electrons. The Bertz CT molecular complexity index is 372. The number of hydrogen-bond donors (Lipinski definition) is 1. The SMILES string of the molecule is CCOC1C(N)CC1OCc1ccccc1Cl. The zero-order chi connectivity index (χ0) is 12.3. The highest BCUT2D eigenvalue weighted by Crippen LogP contribution is 2.27. The number of rotatable bonds is 5. The lowest BCUT2D eigenvalue weighted by molar-refractivity contribution is -0.142. The Hall–Kier alpha value is -0.610. The van der Waals surface area contributed by atoms with E-state index in [1.807, 2.05) is 31.2 Å². The summed E-state index contributed by atoms with van der Waals surface area (Å²) in [4.78, 5) is 0. The summed E-state index contributed by atoms with van der Waals surface area (Å²) in [6.07, 6.45) is 0.985. The van der Waals surface area contributed by atoms with E-state index in [1.165, 1.54) is 0 Å². The Morgan fingerprint density at radius 2 is 2.12 bits per heavy atom. The first-order valence-electron chi connectivity index (χ1n) is 5.94. The third-order valence-electron chi connectivity index (χ3n) is 3.06. The molecular formula is C13H18ClNO2. The van der Waals surface area contributed by atoms with Crippen LogP contribution in [0.15, 0.2) is 24.3 Å². The highest BCUT2D eigenvalue weighted by Gasteiger charge is 2.40. The fourth-order valence-corrected chi connectivity index (χ4v) is 2.21. The molecule has 4 heteroatoms. The van der Waals surface area contributed by atoms with Crippen LogP contribution in [-0.2, 0) is 16.1 Å². The molecule has 1 fully saturated rings. The molecule has 2 rings (SSSR count). The quantitative estimate of drug-likeness (QED) is 0.879. The van der Waals surface area contributed by atoms with Gasteiger partial charge in [0.1, 0.15) is 0 Å². The molecular weight excluding hydrogens is 238 g/mol. The van der Waals surface area contributed by atoms with Crippen LogP contribution in [0, 0.1) is 0 Å². The molecule has 0 heterocycles. The largest absolute Gasteiger partial charge is 0.374 e. The van der Waals surface area contributed by atoms with Crippen molar-refractivity contribution in [2.45, 2.75) is 38.2 Å². The Morgan fingerprint density at radius 1 is 1.35 bits per heavy atom. The Kier molecular flexibility index (Phi) is 4.40. The van der Waals surface area contributed by atoms with Crippen LogP contribution < -0.4 is 5.73 Å². The summed E-state index contributed by atoms with van der Waals surface area (Å²) in [6, 6.07) is 7.81. The second kappa shape index (κ2) is 5.83. The molecule has 17 heavy (non-hydrogen) atoms. The van der Waals surface area contributed by atoms with Crippen molar-refractivity contribution in [2.75, 3.05) is 6.61 Å². The number of benzene rings is 1. The van der Waals surface area contributed by atoms with Crippen LogP contribution in [0.4, 0.5) is 0 Å². The van der Waals surface area contributed by atoms with Crippen LogP contribution in [0.25, 0.3) is 0 Å². The molecule has 1 saturated carbocycles. The normalized spacial score (nSPS) is 27.8. The highest BCUT2D eigenvalue weighted by atomic mass is 35.5. The second-order valence-electron chi connectivity index (χ2n) is 4.26. The van der Waals surface area contributed by atoms with Crippen LogP contribution in [0.3, 0.4) is 0 Å². The van der Waals surface area contributed by atoms with Gasteiger partial charge in [-0.3, -0.25) is 0 Å². The van der Waals surface area contributed by atoms with Gasteiger partial charge < -0.3 is 15.2 Å².